The smallest absolute Gasteiger partial charge is 0.310 e. The first-order valence-corrected chi connectivity index (χ1v) is 7.19. The number of aryl methyl sites for hydroxylation is 1. The predicted octanol–water partition coefficient (Wildman–Crippen LogP) is 0.558. The Morgan fingerprint density at radius 1 is 1.56 bits per heavy atom. The second-order valence-corrected chi connectivity index (χ2v) is 6.54. The zero-order chi connectivity index (χ0) is 13.4. The van der Waals surface area contributed by atoms with E-state index >= 15 is 0 Å². The number of nitrogens with zero attached hydrogens (tertiary/aromatic N) is 1. The maximum absolute atomic E-state index is 11.9. The van der Waals surface area contributed by atoms with Crippen LogP contribution in [-0.2, 0) is 21.9 Å². The topological polar surface area (TPSA) is 88.4 Å². The fourth-order valence-corrected chi connectivity index (χ4v) is 3.20. The summed E-state index contributed by atoms with van der Waals surface area (Å²) in [5.74, 6) is -0.926. The summed E-state index contributed by atoms with van der Waals surface area (Å²) in [5.41, 5.74) is -0.915. The molecule has 0 atom stereocenters. The van der Waals surface area contributed by atoms with Gasteiger partial charge in [0.1, 0.15) is 0 Å². The van der Waals surface area contributed by atoms with Crippen LogP contribution in [0.2, 0.25) is 0 Å². The van der Waals surface area contributed by atoms with E-state index in [4.69, 9.17) is 5.11 Å². The maximum Gasteiger partial charge on any atom is 0.310 e. The molecule has 1 aliphatic carbocycles. The average molecular weight is 272 g/mol. The first-order valence-electron chi connectivity index (χ1n) is 5.71. The van der Waals surface area contributed by atoms with Gasteiger partial charge in [0.05, 0.1) is 10.3 Å². The van der Waals surface area contributed by atoms with Gasteiger partial charge in [-0.1, -0.05) is 6.42 Å². The van der Waals surface area contributed by atoms with Crippen molar-refractivity contribution in [3.8, 4) is 0 Å². The largest absolute Gasteiger partial charge is 0.481 e. The second-order valence-electron chi connectivity index (χ2n) is 4.78. The lowest BCUT2D eigenvalue weighted by Crippen LogP contribution is -2.47. The lowest BCUT2D eigenvalue weighted by atomic mass is 9.69. The second kappa shape index (κ2) is 4.40. The Balaban J connectivity index is 2.08. The average Bonchev–Trinajstić information content (AvgIpc) is 2.63. The van der Waals surface area contributed by atoms with Crippen molar-refractivity contribution in [3.63, 3.8) is 0 Å². The van der Waals surface area contributed by atoms with Gasteiger partial charge < -0.3 is 9.67 Å². The van der Waals surface area contributed by atoms with E-state index < -0.39 is 21.4 Å². The maximum atomic E-state index is 11.9. The van der Waals surface area contributed by atoms with Gasteiger partial charge in [-0.15, -0.1) is 0 Å². The molecule has 0 radical (unpaired) electrons. The normalized spacial score (nSPS) is 18.3. The van der Waals surface area contributed by atoms with Crippen LogP contribution in [0.4, 0.5) is 0 Å². The van der Waals surface area contributed by atoms with Crippen molar-refractivity contribution in [2.45, 2.75) is 24.2 Å². The zero-order valence-corrected chi connectivity index (χ0v) is 10.9. The van der Waals surface area contributed by atoms with Crippen LogP contribution >= 0.6 is 0 Å². The van der Waals surface area contributed by atoms with Crippen molar-refractivity contribution in [2.24, 2.45) is 12.5 Å². The van der Waals surface area contributed by atoms with Crippen LogP contribution in [0.15, 0.2) is 23.4 Å². The van der Waals surface area contributed by atoms with E-state index in [0.717, 1.165) is 6.42 Å². The summed E-state index contributed by atoms with van der Waals surface area (Å²) in [6, 6.07) is 1.48. The van der Waals surface area contributed by atoms with Gasteiger partial charge in [-0.25, -0.2) is 13.1 Å². The molecule has 1 aromatic rings. The Bertz CT molecular complexity index is 557. The molecule has 1 aromatic heterocycles. The molecule has 6 nitrogen and oxygen atoms in total. The molecular formula is C11H16N2O4S. The van der Waals surface area contributed by atoms with E-state index in [0.29, 0.717) is 12.8 Å². The number of aromatic nitrogens is 1. The number of carboxylic acids is 1. The summed E-state index contributed by atoms with van der Waals surface area (Å²) in [6.45, 7) is -0.0421. The molecule has 1 fully saturated rings. The first-order chi connectivity index (χ1) is 8.36. The highest BCUT2D eigenvalue weighted by Gasteiger charge is 2.45. The summed E-state index contributed by atoms with van der Waals surface area (Å²) >= 11 is 0. The highest BCUT2D eigenvalue weighted by Crippen LogP contribution is 2.40. The third-order valence-corrected chi connectivity index (χ3v) is 4.87. The third kappa shape index (κ3) is 2.28. The molecule has 2 rings (SSSR count). The van der Waals surface area contributed by atoms with Crippen molar-refractivity contribution >= 4 is 16.0 Å². The molecular weight excluding hydrogens is 256 g/mol. The molecule has 0 aliphatic heterocycles. The summed E-state index contributed by atoms with van der Waals surface area (Å²) in [7, 11) is -1.89. The minimum atomic E-state index is -3.62. The van der Waals surface area contributed by atoms with Gasteiger partial charge in [-0.3, -0.25) is 4.79 Å². The third-order valence-electron chi connectivity index (χ3n) is 3.48. The highest BCUT2D eigenvalue weighted by molar-refractivity contribution is 7.89. The molecule has 0 amide bonds. The van der Waals surface area contributed by atoms with Gasteiger partial charge in [0.2, 0.25) is 10.0 Å². The molecule has 2 N–H and O–H groups in total. The molecule has 18 heavy (non-hydrogen) atoms. The molecule has 1 saturated carbocycles. The summed E-state index contributed by atoms with van der Waals surface area (Å²) in [5, 5.41) is 9.12. The Kier molecular flexibility index (Phi) is 3.20. The number of rotatable bonds is 5. The lowest BCUT2D eigenvalue weighted by molar-refractivity contribution is -0.153. The molecule has 0 aromatic carbocycles. The minimum Gasteiger partial charge on any atom is -0.481 e. The molecule has 100 valence electrons. The Hall–Kier alpha value is -1.34. The van der Waals surface area contributed by atoms with E-state index in [1.54, 1.807) is 17.8 Å². The minimum absolute atomic E-state index is 0.0421. The molecule has 0 spiro atoms. The van der Waals surface area contributed by atoms with Crippen molar-refractivity contribution < 1.29 is 18.3 Å². The van der Waals surface area contributed by atoms with E-state index in [-0.39, 0.29) is 11.4 Å². The summed E-state index contributed by atoms with van der Waals surface area (Å²) in [4.78, 5) is 11.3. The van der Waals surface area contributed by atoms with Gasteiger partial charge in [0.15, 0.2) is 0 Å². The number of carboxylic acid groups (broad SMARTS) is 1. The Morgan fingerprint density at radius 3 is 2.61 bits per heavy atom. The standard InChI is InChI=1S/C11H16N2O4S/c1-13-6-3-9(7-13)18(16,17)12-8-11(10(14)15)4-2-5-11/h3,6-7,12H,2,4-5,8H2,1H3,(H,14,15). The van der Waals surface area contributed by atoms with Crippen LogP contribution in [0.1, 0.15) is 19.3 Å². The van der Waals surface area contributed by atoms with Crippen molar-refractivity contribution in [1.82, 2.24) is 9.29 Å². The van der Waals surface area contributed by atoms with E-state index in [1.165, 1.54) is 12.3 Å². The quantitative estimate of drug-likeness (QED) is 0.819. The predicted molar refractivity (Wildman–Crippen MR) is 64.5 cm³/mol. The summed E-state index contributed by atoms with van der Waals surface area (Å²) < 4.78 is 27.9. The fraction of sp³-hybridized carbons (Fsp3) is 0.545. The van der Waals surface area contributed by atoms with E-state index in [9.17, 15) is 13.2 Å². The van der Waals surface area contributed by atoms with Crippen molar-refractivity contribution in [2.75, 3.05) is 6.54 Å². The highest BCUT2D eigenvalue weighted by atomic mass is 32.2. The van der Waals surface area contributed by atoms with Gasteiger partial charge in [-0.05, 0) is 18.9 Å². The van der Waals surface area contributed by atoms with Crippen LogP contribution in [0.3, 0.4) is 0 Å². The molecule has 1 aliphatic rings. The molecule has 7 heteroatoms. The molecule has 1 heterocycles. The van der Waals surface area contributed by atoms with Gasteiger partial charge in [0.25, 0.3) is 0 Å². The fourth-order valence-electron chi connectivity index (χ4n) is 2.02. The Morgan fingerprint density at radius 2 is 2.22 bits per heavy atom. The first kappa shape index (κ1) is 13.1. The zero-order valence-electron chi connectivity index (χ0n) is 10.1. The number of nitrogens with one attached hydrogen (secondary N) is 1. The molecule has 0 unspecified atom stereocenters. The molecule has 0 bridgehead atoms. The van der Waals surface area contributed by atoms with Crippen LogP contribution in [0.5, 0.6) is 0 Å². The number of hydrogen-bond acceptors (Lipinski definition) is 3. The molecule has 0 saturated heterocycles. The van der Waals surface area contributed by atoms with E-state index in [1.807, 2.05) is 0 Å². The number of aliphatic carboxylic acids is 1. The van der Waals surface area contributed by atoms with Gasteiger partial charge in [-0.2, -0.15) is 0 Å². The van der Waals surface area contributed by atoms with E-state index in [2.05, 4.69) is 4.72 Å². The monoisotopic (exact) mass is 272 g/mol. The van der Waals surface area contributed by atoms with Crippen LogP contribution < -0.4 is 4.72 Å². The summed E-state index contributed by atoms with van der Waals surface area (Å²) in [6.07, 6.45) is 5.00. The van der Waals surface area contributed by atoms with Crippen LogP contribution in [0.25, 0.3) is 0 Å². The van der Waals surface area contributed by atoms with Crippen LogP contribution in [0, 0.1) is 5.41 Å². The van der Waals surface area contributed by atoms with Gasteiger partial charge >= 0.3 is 5.97 Å². The number of sulfonamides is 1. The lowest BCUT2D eigenvalue weighted by Gasteiger charge is -2.37. The number of hydrogen-bond donors (Lipinski definition) is 2. The Labute approximate surface area is 106 Å². The number of carbonyl (C=O) groups is 1. The van der Waals surface area contributed by atoms with Gasteiger partial charge in [0, 0.05) is 26.0 Å². The van der Waals surface area contributed by atoms with Crippen LogP contribution in [-0.4, -0.2) is 30.6 Å². The van der Waals surface area contributed by atoms with Crippen molar-refractivity contribution in [1.29, 1.82) is 0 Å². The SMILES string of the molecule is Cn1ccc(S(=O)(=O)NCC2(C(=O)O)CCC2)c1. The van der Waals surface area contributed by atoms with Crippen molar-refractivity contribution in [3.05, 3.63) is 18.5 Å².